The number of likely N-dealkylation sites (tertiary alicyclic amines) is 1. The Balaban J connectivity index is 2.68. The summed E-state index contributed by atoms with van der Waals surface area (Å²) < 4.78 is 5.04. The van der Waals surface area contributed by atoms with Crippen LogP contribution in [-0.2, 0) is 14.3 Å². The zero-order valence-electron chi connectivity index (χ0n) is 10.9. The smallest absolute Gasteiger partial charge is 0.323 e. The Labute approximate surface area is 102 Å². The van der Waals surface area contributed by atoms with Crippen molar-refractivity contribution in [1.82, 2.24) is 4.90 Å². The second-order valence-corrected chi connectivity index (χ2v) is 4.82. The monoisotopic (exact) mass is 242 g/mol. The molecule has 0 aromatic heterocycles. The van der Waals surface area contributed by atoms with E-state index in [4.69, 9.17) is 10.5 Å². The molecule has 1 saturated heterocycles. The molecule has 1 aliphatic rings. The number of hydrogen-bond acceptors (Lipinski definition) is 4. The largest absolute Gasteiger partial charge is 0.465 e. The minimum atomic E-state index is -0.514. The Hall–Kier alpha value is -1.10. The number of rotatable bonds is 5. The number of hydrogen-bond donors (Lipinski definition) is 1. The minimum absolute atomic E-state index is 0.205. The van der Waals surface area contributed by atoms with E-state index in [0.717, 1.165) is 6.54 Å². The molecule has 0 spiro atoms. The molecule has 2 atom stereocenters. The summed E-state index contributed by atoms with van der Waals surface area (Å²) in [6.07, 6.45) is 1.39. The molecule has 0 saturated carbocycles. The Kier molecular flexibility index (Phi) is 4.51. The molecule has 1 aliphatic heterocycles. The predicted octanol–water partition coefficient (Wildman–Crippen LogP) is 0.525. The highest BCUT2D eigenvalue weighted by atomic mass is 16.5. The van der Waals surface area contributed by atoms with Gasteiger partial charge in [0.2, 0.25) is 5.91 Å². The Morgan fingerprint density at radius 3 is 2.53 bits per heavy atom. The quantitative estimate of drug-likeness (QED) is 0.714. The van der Waals surface area contributed by atoms with Crippen LogP contribution >= 0.6 is 0 Å². The molecular weight excluding hydrogens is 220 g/mol. The maximum absolute atomic E-state index is 11.8. The van der Waals surface area contributed by atoms with E-state index >= 15 is 0 Å². The van der Waals surface area contributed by atoms with Crippen molar-refractivity contribution >= 4 is 11.9 Å². The lowest BCUT2D eigenvalue weighted by atomic mass is 9.89. The molecular formula is C12H22N2O3. The van der Waals surface area contributed by atoms with Gasteiger partial charge < -0.3 is 10.5 Å². The van der Waals surface area contributed by atoms with E-state index in [1.807, 2.05) is 18.7 Å². The zero-order chi connectivity index (χ0) is 13.1. The van der Waals surface area contributed by atoms with Crippen molar-refractivity contribution in [2.75, 3.05) is 19.7 Å². The third-order valence-corrected chi connectivity index (χ3v) is 3.48. The van der Waals surface area contributed by atoms with Crippen LogP contribution in [0.15, 0.2) is 0 Å². The van der Waals surface area contributed by atoms with Crippen molar-refractivity contribution < 1.29 is 14.3 Å². The lowest BCUT2D eigenvalue weighted by Crippen LogP contribution is -2.43. The molecule has 0 bridgehead atoms. The van der Waals surface area contributed by atoms with Gasteiger partial charge in [-0.1, -0.05) is 6.92 Å². The molecule has 5 nitrogen and oxygen atoms in total. The van der Waals surface area contributed by atoms with Gasteiger partial charge in [0, 0.05) is 13.1 Å². The van der Waals surface area contributed by atoms with E-state index in [0.29, 0.717) is 26.0 Å². The van der Waals surface area contributed by atoms with Crippen LogP contribution in [0.1, 0.15) is 33.6 Å². The summed E-state index contributed by atoms with van der Waals surface area (Å²) in [6, 6.07) is -0.254. The average Bonchev–Trinajstić information content (AvgIpc) is 2.64. The van der Waals surface area contributed by atoms with E-state index in [1.165, 1.54) is 0 Å². The number of carbonyl (C=O) groups excluding carboxylic acids is 2. The van der Waals surface area contributed by atoms with Crippen LogP contribution in [0.5, 0.6) is 0 Å². The van der Waals surface area contributed by atoms with Crippen molar-refractivity contribution in [3.8, 4) is 0 Å². The first-order chi connectivity index (χ1) is 7.94. The topological polar surface area (TPSA) is 72.6 Å². The molecule has 2 unspecified atom stereocenters. The molecule has 98 valence electrons. The van der Waals surface area contributed by atoms with Gasteiger partial charge in [-0.3, -0.25) is 14.5 Å². The van der Waals surface area contributed by atoms with Gasteiger partial charge >= 0.3 is 5.97 Å². The number of nitrogens with two attached hydrogens (primary N) is 1. The standard InChI is InChI=1S/C12H22N2O3/c1-4-9(10(15)17-5-2)14-7-6-12(3,8-14)11(13)16/h9H,4-8H2,1-3H3,(H2,13,16). The normalized spacial score (nSPS) is 26.8. The Morgan fingerprint density at radius 2 is 2.12 bits per heavy atom. The van der Waals surface area contributed by atoms with Crippen molar-refractivity contribution in [3.05, 3.63) is 0 Å². The van der Waals surface area contributed by atoms with Gasteiger partial charge in [-0.05, 0) is 26.7 Å². The van der Waals surface area contributed by atoms with Crippen LogP contribution in [0, 0.1) is 5.41 Å². The van der Waals surface area contributed by atoms with Crippen molar-refractivity contribution in [2.45, 2.75) is 39.7 Å². The third-order valence-electron chi connectivity index (χ3n) is 3.48. The van der Waals surface area contributed by atoms with Crippen LogP contribution < -0.4 is 5.73 Å². The first-order valence-electron chi connectivity index (χ1n) is 6.15. The number of nitrogens with zero attached hydrogens (tertiary/aromatic N) is 1. The summed E-state index contributed by atoms with van der Waals surface area (Å²) in [7, 11) is 0. The summed E-state index contributed by atoms with van der Waals surface area (Å²) in [5.41, 5.74) is 4.87. The number of amides is 1. The number of ether oxygens (including phenoxy) is 1. The molecule has 1 amide bonds. The molecule has 1 heterocycles. The van der Waals surface area contributed by atoms with Crippen LogP contribution in [0.25, 0.3) is 0 Å². The number of primary amides is 1. The highest BCUT2D eigenvalue weighted by Crippen LogP contribution is 2.31. The van der Waals surface area contributed by atoms with Gasteiger partial charge in [0.25, 0.3) is 0 Å². The fraction of sp³-hybridized carbons (Fsp3) is 0.833. The molecule has 0 aromatic carbocycles. The van der Waals surface area contributed by atoms with Gasteiger partial charge in [0.1, 0.15) is 6.04 Å². The van der Waals surface area contributed by atoms with E-state index in [-0.39, 0.29) is 17.9 Å². The SMILES string of the molecule is CCOC(=O)C(CC)N1CCC(C)(C(N)=O)C1. The van der Waals surface area contributed by atoms with Gasteiger partial charge in [-0.15, -0.1) is 0 Å². The molecule has 1 rings (SSSR count). The number of carbonyl (C=O) groups is 2. The van der Waals surface area contributed by atoms with E-state index < -0.39 is 5.41 Å². The first kappa shape index (κ1) is 14.0. The summed E-state index contributed by atoms with van der Waals surface area (Å²) in [5.74, 6) is -0.498. The van der Waals surface area contributed by atoms with Gasteiger partial charge in [0.15, 0.2) is 0 Å². The Bertz CT molecular complexity index is 306. The lowest BCUT2D eigenvalue weighted by molar-refractivity contribution is -0.149. The fourth-order valence-electron chi connectivity index (χ4n) is 2.28. The van der Waals surface area contributed by atoms with Gasteiger partial charge in [0.05, 0.1) is 12.0 Å². The predicted molar refractivity (Wildman–Crippen MR) is 64.2 cm³/mol. The van der Waals surface area contributed by atoms with Crippen LogP contribution in [-0.4, -0.2) is 42.5 Å². The molecule has 2 N–H and O–H groups in total. The highest BCUT2D eigenvalue weighted by molar-refractivity contribution is 5.81. The second kappa shape index (κ2) is 5.49. The van der Waals surface area contributed by atoms with Crippen LogP contribution in [0.4, 0.5) is 0 Å². The van der Waals surface area contributed by atoms with Crippen LogP contribution in [0.2, 0.25) is 0 Å². The Morgan fingerprint density at radius 1 is 1.47 bits per heavy atom. The van der Waals surface area contributed by atoms with E-state index in [1.54, 1.807) is 6.92 Å². The summed E-state index contributed by atoms with van der Waals surface area (Å²) in [4.78, 5) is 25.1. The van der Waals surface area contributed by atoms with Gasteiger partial charge in [-0.2, -0.15) is 0 Å². The molecule has 5 heteroatoms. The maximum Gasteiger partial charge on any atom is 0.323 e. The summed E-state index contributed by atoms with van der Waals surface area (Å²) in [5, 5.41) is 0. The molecule has 1 fully saturated rings. The maximum atomic E-state index is 11.8. The van der Waals surface area contributed by atoms with Gasteiger partial charge in [-0.25, -0.2) is 0 Å². The molecule has 0 radical (unpaired) electrons. The highest BCUT2D eigenvalue weighted by Gasteiger charge is 2.42. The van der Waals surface area contributed by atoms with Crippen LogP contribution in [0.3, 0.4) is 0 Å². The van der Waals surface area contributed by atoms with E-state index in [9.17, 15) is 9.59 Å². The molecule has 0 aromatic rings. The molecule has 0 aliphatic carbocycles. The lowest BCUT2D eigenvalue weighted by Gasteiger charge is -2.26. The van der Waals surface area contributed by atoms with Crippen molar-refractivity contribution in [2.24, 2.45) is 11.1 Å². The third kappa shape index (κ3) is 2.97. The fourth-order valence-corrected chi connectivity index (χ4v) is 2.28. The summed E-state index contributed by atoms with van der Waals surface area (Å²) in [6.45, 7) is 7.24. The van der Waals surface area contributed by atoms with Crippen molar-refractivity contribution in [1.29, 1.82) is 0 Å². The number of esters is 1. The zero-order valence-corrected chi connectivity index (χ0v) is 10.9. The average molecular weight is 242 g/mol. The second-order valence-electron chi connectivity index (χ2n) is 4.82. The summed E-state index contributed by atoms with van der Waals surface area (Å²) >= 11 is 0. The minimum Gasteiger partial charge on any atom is -0.465 e. The molecule has 17 heavy (non-hydrogen) atoms. The van der Waals surface area contributed by atoms with E-state index in [2.05, 4.69) is 0 Å². The van der Waals surface area contributed by atoms with Crippen molar-refractivity contribution in [3.63, 3.8) is 0 Å². The first-order valence-corrected chi connectivity index (χ1v) is 6.15.